The molecule has 1 fully saturated rings. The van der Waals surface area contributed by atoms with Crippen LogP contribution in [-0.4, -0.2) is 48.4 Å². The van der Waals surface area contributed by atoms with E-state index in [-0.39, 0.29) is 6.04 Å². The molecule has 3 heteroatoms. The molecule has 1 aliphatic rings. The van der Waals surface area contributed by atoms with Crippen LogP contribution in [0.4, 0.5) is 0 Å². The van der Waals surface area contributed by atoms with Gasteiger partial charge in [-0.05, 0) is 40.3 Å². The molecule has 1 aliphatic heterocycles. The van der Waals surface area contributed by atoms with Gasteiger partial charge in [0.15, 0.2) is 0 Å². The van der Waals surface area contributed by atoms with Crippen LogP contribution in [-0.2, 0) is 4.79 Å². The Kier molecular flexibility index (Phi) is 3.72. The molecular formula is C10H20N2O. The Morgan fingerprint density at radius 2 is 2.08 bits per heavy atom. The highest BCUT2D eigenvalue weighted by atomic mass is 16.2. The minimum absolute atomic E-state index is 0.153. The summed E-state index contributed by atoms with van der Waals surface area (Å²) in [7, 11) is 2.04. The van der Waals surface area contributed by atoms with Gasteiger partial charge in [-0.3, -0.25) is 9.69 Å². The van der Waals surface area contributed by atoms with Gasteiger partial charge in [0.2, 0.25) is 5.91 Å². The molecule has 0 spiro atoms. The standard InChI is InChI=1S/C10H20N2O/c1-4-12(5-2)10(13)9-7-6-8-11(9)3/h9H,4-8H2,1-3H3/t9-/m0/s1. The van der Waals surface area contributed by atoms with E-state index >= 15 is 0 Å². The van der Waals surface area contributed by atoms with Gasteiger partial charge in [0.05, 0.1) is 6.04 Å². The SMILES string of the molecule is CCN(CC)C(=O)[C@@H]1CCCN1C. The first-order valence-electron chi connectivity index (χ1n) is 5.19. The Morgan fingerprint density at radius 3 is 2.46 bits per heavy atom. The first-order chi connectivity index (χ1) is 6.20. The average Bonchev–Trinajstić information content (AvgIpc) is 2.53. The molecule has 1 amide bonds. The zero-order chi connectivity index (χ0) is 9.84. The summed E-state index contributed by atoms with van der Waals surface area (Å²) in [4.78, 5) is 16.0. The second kappa shape index (κ2) is 4.61. The van der Waals surface area contributed by atoms with E-state index in [0.717, 1.165) is 32.5 Å². The minimum atomic E-state index is 0.153. The summed E-state index contributed by atoms with van der Waals surface area (Å²) in [5, 5.41) is 0. The fourth-order valence-electron chi connectivity index (χ4n) is 1.97. The molecule has 1 atom stereocenters. The smallest absolute Gasteiger partial charge is 0.239 e. The molecule has 76 valence electrons. The van der Waals surface area contributed by atoms with Crippen molar-refractivity contribution < 1.29 is 4.79 Å². The van der Waals surface area contributed by atoms with Crippen LogP contribution in [0.1, 0.15) is 26.7 Å². The lowest BCUT2D eigenvalue weighted by atomic mass is 10.2. The third kappa shape index (κ3) is 2.21. The van der Waals surface area contributed by atoms with Crippen molar-refractivity contribution in [2.75, 3.05) is 26.7 Å². The minimum Gasteiger partial charge on any atom is -0.342 e. The Balaban J connectivity index is 2.54. The van der Waals surface area contributed by atoms with Gasteiger partial charge in [-0.1, -0.05) is 0 Å². The van der Waals surface area contributed by atoms with Gasteiger partial charge >= 0.3 is 0 Å². The molecule has 13 heavy (non-hydrogen) atoms. The summed E-state index contributed by atoms with van der Waals surface area (Å²) < 4.78 is 0. The molecule has 0 radical (unpaired) electrons. The lowest BCUT2D eigenvalue weighted by Gasteiger charge is -2.26. The van der Waals surface area contributed by atoms with E-state index in [9.17, 15) is 4.79 Å². The number of likely N-dealkylation sites (N-methyl/N-ethyl adjacent to an activating group) is 2. The maximum absolute atomic E-state index is 11.9. The van der Waals surface area contributed by atoms with Crippen LogP contribution in [0.3, 0.4) is 0 Å². The van der Waals surface area contributed by atoms with Gasteiger partial charge in [0, 0.05) is 13.1 Å². The van der Waals surface area contributed by atoms with Crippen LogP contribution in [0.2, 0.25) is 0 Å². The van der Waals surface area contributed by atoms with E-state index in [2.05, 4.69) is 4.90 Å². The fraction of sp³-hybridized carbons (Fsp3) is 0.900. The summed E-state index contributed by atoms with van der Waals surface area (Å²) in [6, 6.07) is 0.153. The van der Waals surface area contributed by atoms with Crippen molar-refractivity contribution in [3.8, 4) is 0 Å². The third-order valence-corrected chi connectivity index (χ3v) is 2.88. The Hall–Kier alpha value is -0.570. The molecule has 3 nitrogen and oxygen atoms in total. The van der Waals surface area contributed by atoms with E-state index in [1.165, 1.54) is 0 Å². The summed E-state index contributed by atoms with van der Waals surface area (Å²) in [5.74, 6) is 0.310. The van der Waals surface area contributed by atoms with Crippen LogP contribution >= 0.6 is 0 Å². The maximum Gasteiger partial charge on any atom is 0.239 e. The molecule has 0 N–H and O–H groups in total. The predicted molar refractivity (Wildman–Crippen MR) is 53.6 cm³/mol. The van der Waals surface area contributed by atoms with Crippen LogP contribution < -0.4 is 0 Å². The van der Waals surface area contributed by atoms with Crippen molar-refractivity contribution in [2.24, 2.45) is 0 Å². The molecular weight excluding hydrogens is 164 g/mol. The molecule has 1 rings (SSSR count). The zero-order valence-electron chi connectivity index (χ0n) is 8.92. The van der Waals surface area contributed by atoms with Crippen LogP contribution in [0.5, 0.6) is 0 Å². The Bertz CT molecular complexity index is 178. The molecule has 0 bridgehead atoms. The van der Waals surface area contributed by atoms with E-state index in [1.807, 2.05) is 25.8 Å². The number of nitrogens with zero attached hydrogens (tertiary/aromatic N) is 2. The molecule has 0 aromatic heterocycles. The van der Waals surface area contributed by atoms with Crippen molar-refractivity contribution in [1.29, 1.82) is 0 Å². The molecule has 0 aromatic carbocycles. The second-order valence-electron chi connectivity index (χ2n) is 3.65. The lowest BCUT2D eigenvalue weighted by molar-refractivity contribution is -0.135. The summed E-state index contributed by atoms with van der Waals surface area (Å²) >= 11 is 0. The first-order valence-corrected chi connectivity index (χ1v) is 5.19. The van der Waals surface area contributed by atoms with Crippen molar-refractivity contribution in [2.45, 2.75) is 32.7 Å². The highest BCUT2D eigenvalue weighted by Gasteiger charge is 2.29. The number of amides is 1. The van der Waals surface area contributed by atoms with Crippen molar-refractivity contribution in [3.63, 3.8) is 0 Å². The van der Waals surface area contributed by atoms with Gasteiger partial charge in [-0.25, -0.2) is 0 Å². The van der Waals surface area contributed by atoms with Crippen LogP contribution in [0.15, 0.2) is 0 Å². The second-order valence-corrected chi connectivity index (χ2v) is 3.65. The van der Waals surface area contributed by atoms with E-state index < -0.39 is 0 Å². The fourth-order valence-corrected chi connectivity index (χ4v) is 1.97. The number of carbonyl (C=O) groups is 1. The molecule has 0 unspecified atom stereocenters. The van der Waals surface area contributed by atoms with Gasteiger partial charge in [-0.2, -0.15) is 0 Å². The van der Waals surface area contributed by atoms with E-state index in [1.54, 1.807) is 0 Å². The summed E-state index contributed by atoms with van der Waals surface area (Å²) in [6.45, 7) is 6.81. The van der Waals surface area contributed by atoms with Crippen molar-refractivity contribution in [1.82, 2.24) is 9.80 Å². The molecule has 0 aromatic rings. The van der Waals surface area contributed by atoms with Crippen molar-refractivity contribution >= 4 is 5.91 Å². The Morgan fingerprint density at radius 1 is 1.46 bits per heavy atom. The topological polar surface area (TPSA) is 23.6 Å². The molecule has 1 saturated heterocycles. The highest BCUT2D eigenvalue weighted by molar-refractivity contribution is 5.82. The van der Waals surface area contributed by atoms with E-state index in [4.69, 9.17) is 0 Å². The average molecular weight is 184 g/mol. The molecule has 0 saturated carbocycles. The largest absolute Gasteiger partial charge is 0.342 e. The molecule has 0 aliphatic carbocycles. The quantitative estimate of drug-likeness (QED) is 0.652. The normalized spacial score (nSPS) is 23.5. The number of hydrogen-bond donors (Lipinski definition) is 0. The van der Waals surface area contributed by atoms with Crippen molar-refractivity contribution in [3.05, 3.63) is 0 Å². The summed E-state index contributed by atoms with van der Waals surface area (Å²) in [5.41, 5.74) is 0. The lowest BCUT2D eigenvalue weighted by Crippen LogP contribution is -2.44. The maximum atomic E-state index is 11.9. The van der Waals surface area contributed by atoms with Gasteiger partial charge in [-0.15, -0.1) is 0 Å². The zero-order valence-corrected chi connectivity index (χ0v) is 8.92. The van der Waals surface area contributed by atoms with Crippen LogP contribution in [0, 0.1) is 0 Å². The van der Waals surface area contributed by atoms with Gasteiger partial charge in [0.1, 0.15) is 0 Å². The predicted octanol–water partition coefficient (Wildman–Crippen LogP) is 0.949. The first kappa shape index (κ1) is 10.5. The number of hydrogen-bond acceptors (Lipinski definition) is 2. The highest BCUT2D eigenvalue weighted by Crippen LogP contribution is 2.16. The monoisotopic (exact) mass is 184 g/mol. The van der Waals surface area contributed by atoms with Gasteiger partial charge in [0.25, 0.3) is 0 Å². The number of likely N-dealkylation sites (tertiary alicyclic amines) is 1. The number of carbonyl (C=O) groups excluding carboxylic acids is 1. The van der Waals surface area contributed by atoms with Gasteiger partial charge < -0.3 is 4.90 Å². The van der Waals surface area contributed by atoms with E-state index in [0.29, 0.717) is 5.91 Å². The summed E-state index contributed by atoms with van der Waals surface area (Å²) in [6.07, 6.45) is 2.19. The van der Waals surface area contributed by atoms with Crippen LogP contribution in [0.25, 0.3) is 0 Å². The number of rotatable bonds is 3. The molecule has 1 heterocycles. The Labute approximate surface area is 80.7 Å². The third-order valence-electron chi connectivity index (χ3n) is 2.88.